The highest BCUT2D eigenvalue weighted by Gasteiger charge is 2.34. The molecular weight excluding hydrogens is 620 g/mol. The van der Waals surface area contributed by atoms with Gasteiger partial charge in [-0.2, -0.15) is 0 Å². The van der Waals surface area contributed by atoms with Gasteiger partial charge in [-0.25, -0.2) is 9.59 Å². The van der Waals surface area contributed by atoms with Gasteiger partial charge in [-0.05, 0) is 86.4 Å². The minimum Gasteiger partial charge on any atom is -0.361 e. The number of likely N-dealkylation sites (N-methyl/N-ethyl adjacent to an activating group) is 1. The van der Waals surface area contributed by atoms with Crippen molar-refractivity contribution in [2.45, 2.75) is 63.6 Å². The van der Waals surface area contributed by atoms with Crippen molar-refractivity contribution < 1.29 is 19.2 Å². The normalized spacial score (nSPS) is 21.2. The van der Waals surface area contributed by atoms with Crippen LogP contribution in [0.3, 0.4) is 0 Å². The van der Waals surface area contributed by atoms with E-state index in [1.54, 1.807) is 5.06 Å². The lowest BCUT2D eigenvalue weighted by molar-refractivity contribution is -0.137. The van der Waals surface area contributed by atoms with Crippen LogP contribution in [0.4, 0.5) is 15.3 Å². The van der Waals surface area contributed by atoms with Gasteiger partial charge in [-0.3, -0.25) is 9.69 Å². The number of H-pyrrole nitrogens is 1. The van der Waals surface area contributed by atoms with Gasteiger partial charge in [0.1, 0.15) is 6.04 Å². The molecule has 12 nitrogen and oxygen atoms in total. The van der Waals surface area contributed by atoms with Crippen LogP contribution >= 0.6 is 0 Å². The number of aromatic amines is 1. The number of aromatic nitrogens is 1. The number of fused-ring (bicyclic) bond motifs is 2. The SMILES string of the molecule is Cc1cc(CC(NC(=O)ON2CCC(N3CCc4ccccc4NC3=O)CC2)C(=O)N2CCC(N3CCN(C)CC3)CC2)cc2cc[nH]c12. The number of rotatable bonds is 7. The molecule has 1 atom stereocenters. The number of hydroxylamine groups is 2. The number of aryl methyl sites for hydroxylation is 1. The second kappa shape index (κ2) is 14.8. The number of carbonyl (C=O) groups excluding carboxylic acids is 3. The van der Waals surface area contributed by atoms with Gasteiger partial charge in [0.15, 0.2) is 0 Å². The first kappa shape index (κ1) is 33.4. The maximum absolute atomic E-state index is 14.1. The second-order valence-electron chi connectivity index (χ2n) is 14.2. The van der Waals surface area contributed by atoms with Crippen molar-refractivity contribution in [1.29, 1.82) is 0 Å². The number of likely N-dealkylation sites (tertiary alicyclic amines) is 1. The minimum absolute atomic E-state index is 0.0620. The Kier molecular flexibility index (Phi) is 10.1. The van der Waals surface area contributed by atoms with Crippen LogP contribution < -0.4 is 10.6 Å². The number of anilines is 1. The predicted octanol–water partition coefficient (Wildman–Crippen LogP) is 3.82. The van der Waals surface area contributed by atoms with Gasteiger partial charge in [0.05, 0.1) is 0 Å². The summed E-state index contributed by atoms with van der Waals surface area (Å²) in [4.78, 5) is 58.4. The van der Waals surface area contributed by atoms with E-state index in [9.17, 15) is 14.4 Å². The molecule has 0 spiro atoms. The first-order valence-electron chi connectivity index (χ1n) is 18.0. The number of piperidine rings is 2. The number of hydrogen-bond acceptors (Lipinski definition) is 7. The standard InChI is InChI=1S/C37H50N8O4/c1-26-23-27(24-29-7-13-38-34(26)29)25-33(35(46)43-14-9-30(10-15-43)42-21-19-41(2)20-22-42)40-37(48)49-44-16-11-31(12-17-44)45-18-8-28-5-3-4-6-32(28)39-36(45)47/h3-7,13,23-24,30-31,33,38H,8-12,14-22,25H2,1-2H3,(H,39,47)(H,40,48). The first-order chi connectivity index (χ1) is 23.8. The van der Waals surface area contributed by atoms with Crippen LogP contribution in [0.1, 0.15) is 42.4 Å². The van der Waals surface area contributed by atoms with Crippen molar-refractivity contribution >= 4 is 34.6 Å². The lowest BCUT2D eigenvalue weighted by Gasteiger charge is -2.42. The predicted molar refractivity (Wildman–Crippen MR) is 189 cm³/mol. The number of hydrogen-bond donors (Lipinski definition) is 3. The molecule has 0 radical (unpaired) electrons. The van der Waals surface area contributed by atoms with Gasteiger partial charge < -0.3 is 35.2 Å². The van der Waals surface area contributed by atoms with Crippen LogP contribution in [0.25, 0.3) is 10.9 Å². The van der Waals surface area contributed by atoms with Crippen molar-refractivity contribution in [3.8, 4) is 0 Å². The number of benzene rings is 2. The summed E-state index contributed by atoms with van der Waals surface area (Å²) < 4.78 is 0. The fourth-order valence-electron chi connectivity index (χ4n) is 8.12. The average molecular weight is 671 g/mol. The molecule has 3 saturated heterocycles. The van der Waals surface area contributed by atoms with Crippen LogP contribution in [0.2, 0.25) is 0 Å². The molecule has 0 bridgehead atoms. The Morgan fingerprint density at radius 3 is 2.43 bits per heavy atom. The fourth-order valence-corrected chi connectivity index (χ4v) is 8.12. The molecule has 262 valence electrons. The third kappa shape index (κ3) is 7.71. The van der Waals surface area contributed by atoms with Crippen LogP contribution in [0.15, 0.2) is 48.7 Å². The summed E-state index contributed by atoms with van der Waals surface area (Å²) in [6, 6.07) is 13.9. The zero-order valence-electron chi connectivity index (χ0n) is 28.8. The Labute approximate surface area is 288 Å². The second-order valence-corrected chi connectivity index (χ2v) is 14.2. The number of amides is 4. The Morgan fingerprint density at radius 1 is 0.918 bits per heavy atom. The number of urea groups is 1. The van der Waals surface area contributed by atoms with E-state index in [1.807, 2.05) is 40.3 Å². The first-order valence-corrected chi connectivity index (χ1v) is 18.0. The monoisotopic (exact) mass is 670 g/mol. The maximum Gasteiger partial charge on any atom is 0.426 e. The lowest BCUT2D eigenvalue weighted by atomic mass is 9.98. The smallest absolute Gasteiger partial charge is 0.361 e. The maximum atomic E-state index is 14.1. The van der Waals surface area contributed by atoms with E-state index in [4.69, 9.17) is 4.84 Å². The van der Waals surface area contributed by atoms with Gasteiger partial charge in [0, 0.05) is 94.8 Å². The van der Waals surface area contributed by atoms with Crippen molar-refractivity contribution in [3.63, 3.8) is 0 Å². The van der Waals surface area contributed by atoms with Gasteiger partial charge in [-0.15, -0.1) is 5.06 Å². The van der Waals surface area contributed by atoms with Crippen LogP contribution in [0, 0.1) is 6.92 Å². The number of piperazine rings is 1. The summed E-state index contributed by atoms with van der Waals surface area (Å²) in [5.41, 5.74) is 5.19. The summed E-state index contributed by atoms with van der Waals surface area (Å²) in [6.45, 7) is 9.40. The van der Waals surface area contributed by atoms with Gasteiger partial charge in [-0.1, -0.05) is 24.3 Å². The zero-order valence-corrected chi connectivity index (χ0v) is 28.8. The molecule has 12 heteroatoms. The molecule has 3 aromatic rings. The summed E-state index contributed by atoms with van der Waals surface area (Å²) in [5.74, 6) is -0.0625. The Morgan fingerprint density at radius 2 is 1.65 bits per heavy atom. The third-order valence-electron chi connectivity index (χ3n) is 11.0. The molecule has 2 aromatic carbocycles. The number of nitrogens with one attached hydrogen (secondary N) is 3. The fraction of sp³-hybridized carbons (Fsp3) is 0.541. The quantitative estimate of drug-likeness (QED) is 0.350. The molecular formula is C37H50N8O4. The third-order valence-corrected chi connectivity index (χ3v) is 11.0. The molecule has 7 rings (SSSR count). The molecule has 1 unspecified atom stereocenters. The van der Waals surface area contributed by atoms with E-state index < -0.39 is 12.1 Å². The summed E-state index contributed by atoms with van der Waals surface area (Å²) >= 11 is 0. The van der Waals surface area contributed by atoms with Crippen molar-refractivity contribution in [2.75, 3.05) is 71.3 Å². The van der Waals surface area contributed by atoms with Gasteiger partial charge in [0.2, 0.25) is 5.91 Å². The summed E-state index contributed by atoms with van der Waals surface area (Å²) in [5, 5.41) is 8.77. The van der Waals surface area contributed by atoms with Crippen LogP contribution in [0.5, 0.6) is 0 Å². The van der Waals surface area contributed by atoms with Crippen LogP contribution in [-0.2, 0) is 22.5 Å². The molecule has 4 aliphatic heterocycles. The Bertz CT molecular complexity index is 1640. The Hall–Kier alpha value is -4.13. The van der Waals surface area contributed by atoms with Crippen molar-refractivity contribution in [3.05, 3.63) is 65.4 Å². The van der Waals surface area contributed by atoms with E-state index in [2.05, 4.69) is 57.6 Å². The number of para-hydroxylation sites is 1. The topological polar surface area (TPSA) is 116 Å². The molecule has 4 aliphatic rings. The summed E-state index contributed by atoms with van der Waals surface area (Å²) in [7, 11) is 2.17. The molecule has 4 amide bonds. The average Bonchev–Trinajstić information content (AvgIpc) is 3.52. The van der Waals surface area contributed by atoms with Gasteiger partial charge >= 0.3 is 12.1 Å². The van der Waals surface area contributed by atoms with E-state index in [1.165, 1.54) is 0 Å². The molecule has 3 fully saturated rings. The zero-order chi connectivity index (χ0) is 33.9. The van der Waals surface area contributed by atoms with Crippen LogP contribution in [-0.4, -0.2) is 132 Å². The highest BCUT2D eigenvalue weighted by atomic mass is 16.7. The van der Waals surface area contributed by atoms with E-state index >= 15 is 0 Å². The van der Waals surface area contributed by atoms with E-state index in [0.29, 0.717) is 58.0 Å². The molecule has 5 heterocycles. The summed E-state index contributed by atoms with van der Waals surface area (Å²) in [6.07, 6.45) is 5.75. The molecule has 1 aromatic heterocycles. The van der Waals surface area contributed by atoms with Crippen molar-refractivity contribution in [1.82, 2.24) is 35.0 Å². The Balaban J connectivity index is 0.964. The van der Waals surface area contributed by atoms with Gasteiger partial charge in [0.25, 0.3) is 0 Å². The molecule has 0 aliphatic carbocycles. The highest BCUT2D eigenvalue weighted by Crippen LogP contribution is 2.26. The number of nitrogens with zero attached hydrogens (tertiary/aromatic N) is 5. The highest BCUT2D eigenvalue weighted by molar-refractivity contribution is 5.91. The minimum atomic E-state index is -0.747. The molecule has 3 N–H and O–H groups in total. The largest absolute Gasteiger partial charge is 0.426 e. The number of carbonyl (C=O) groups is 3. The molecule has 0 saturated carbocycles. The van der Waals surface area contributed by atoms with E-state index in [-0.39, 0.29) is 18.0 Å². The van der Waals surface area contributed by atoms with Crippen molar-refractivity contribution in [2.24, 2.45) is 0 Å². The lowest BCUT2D eigenvalue weighted by Crippen LogP contribution is -2.56. The van der Waals surface area contributed by atoms with E-state index in [0.717, 1.165) is 78.7 Å². The molecule has 49 heavy (non-hydrogen) atoms.